The lowest BCUT2D eigenvalue weighted by Crippen LogP contribution is -2.29. The summed E-state index contributed by atoms with van der Waals surface area (Å²) >= 11 is 3.71. The maximum Gasteiger partial charge on any atom is 0.119 e. The molecular weight excluding hydrogens is 288 g/mol. The van der Waals surface area contributed by atoms with Crippen LogP contribution in [0.15, 0.2) is 24.3 Å². The van der Waals surface area contributed by atoms with Gasteiger partial charge in [0.15, 0.2) is 0 Å². The molecule has 2 heteroatoms. The van der Waals surface area contributed by atoms with Crippen molar-refractivity contribution >= 4 is 15.9 Å². The first-order valence-corrected chi connectivity index (χ1v) is 8.12. The Kier molecular flexibility index (Phi) is 5.11. The van der Waals surface area contributed by atoms with E-state index in [1.165, 1.54) is 44.1 Å². The molecule has 0 heterocycles. The highest BCUT2D eigenvalue weighted by molar-refractivity contribution is 9.09. The fourth-order valence-electron chi connectivity index (χ4n) is 2.67. The Morgan fingerprint density at radius 2 is 1.67 bits per heavy atom. The van der Waals surface area contributed by atoms with Crippen LogP contribution in [0.4, 0.5) is 0 Å². The van der Waals surface area contributed by atoms with Gasteiger partial charge in [-0.3, -0.25) is 0 Å². The lowest BCUT2D eigenvalue weighted by molar-refractivity contribution is 0.149. The average Bonchev–Trinajstić information content (AvgIpc) is 2.64. The SMILES string of the molecule is Cc1ccc(OCC2(CBr)CCCCCC2)cc1. The molecule has 1 aliphatic carbocycles. The van der Waals surface area contributed by atoms with Gasteiger partial charge >= 0.3 is 0 Å². The van der Waals surface area contributed by atoms with Gasteiger partial charge in [0.25, 0.3) is 0 Å². The van der Waals surface area contributed by atoms with E-state index in [1.807, 2.05) is 0 Å². The number of hydrogen-bond acceptors (Lipinski definition) is 1. The Balaban J connectivity index is 1.95. The summed E-state index contributed by atoms with van der Waals surface area (Å²) in [6.07, 6.45) is 8.07. The molecule has 0 N–H and O–H groups in total. The van der Waals surface area contributed by atoms with Crippen molar-refractivity contribution < 1.29 is 4.74 Å². The minimum absolute atomic E-state index is 0.349. The minimum Gasteiger partial charge on any atom is -0.493 e. The molecule has 18 heavy (non-hydrogen) atoms. The van der Waals surface area contributed by atoms with Gasteiger partial charge in [0.05, 0.1) is 6.61 Å². The third-order valence-electron chi connectivity index (χ3n) is 4.01. The van der Waals surface area contributed by atoms with Crippen molar-refractivity contribution in [3.05, 3.63) is 29.8 Å². The molecule has 1 aromatic rings. The molecule has 2 rings (SSSR count). The average molecular weight is 311 g/mol. The number of benzene rings is 1. The number of alkyl halides is 1. The van der Waals surface area contributed by atoms with Gasteiger partial charge in [-0.25, -0.2) is 0 Å². The second-order valence-corrected chi connectivity index (χ2v) is 6.21. The summed E-state index contributed by atoms with van der Waals surface area (Å²) in [5.74, 6) is 1.00. The first kappa shape index (κ1) is 13.9. The maximum absolute atomic E-state index is 6.02. The lowest BCUT2D eigenvalue weighted by atomic mass is 9.83. The highest BCUT2D eigenvalue weighted by atomic mass is 79.9. The summed E-state index contributed by atoms with van der Waals surface area (Å²) in [7, 11) is 0. The van der Waals surface area contributed by atoms with Crippen LogP contribution in [0, 0.1) is 12.3 Å². The number of hydrogen-bond donors (Lipinski definition) is 0. The van der Waals surface area contributed by atoms with Crippen LogP contribution < -0.4 is 4.74 Å². The van der Waals surface area contributed by atoms with Crippen molar-refractivity contribution in [2.75, 3.05) is 11.9 Å². The van der Waals surface area contributed by atoms with Gasteiger partial charge in [-0.1, -0.05) is 59.3 Å². The Labute approximate surface area is 119 Å². The predicted octanol–water partition coefficient (Wildman–Crippen LogP) is 5.11. The van der Waals surface area contributed by atoms with Gasteiger partial charge in [-0.15, -0.1) is 0 Å². The van der Waals surface area contributed by atoms with Crippen molar-refractivity contribution in [3.8, 4) is 5.75 Å². The van der Waals surface area contributed by atoms with E-state index in [0.717, 1.165) is 17.7 Å². The second-order valence-electron chi connectivity index (χ2n) is 5.65. The molecule has 0 spiro atoms. The monoisotopic (exact) mass is 310 g/mol. The van der Waals surface area contributed by atoms with E-state index >= 15 is 0 Å². The van der Waals surface area contributed by atoms with Crippen LogP contribution in [-0.2, 0) is 0 Å². The smallest absolute Gasteiger partial charge is 0.119 e. The molecule has 0 amide bonds. The summed E-state index contributed by atoms with van der Waals surface area (Å²) in [6.45, 7) is 2.95. The van der Waals surface area contributed by atoms with E-state index in [4.69, 9.17) is 4.74 Å². The summed E-state index contributed by atoms with van der Waals surface area (Å²) < 4.78 is 6.02. The van der Waals surface area contributed by atoms with Crippen LogP contribution in [0.5, 0.6) is 5.75 Å². The summed E-state index contributed by atoms with van der Waals surface area (Å²) in [5, 5.41) is 1.06. The van der Waals surface area contributed by atoms with Crippen LogP contribution in [0.3, 0.4) is 0 Å². The van der Waals surface area contributed by atoms with E-state index in [1.54, 1.807) is 0 Å². The number of aryl methyl sites for hydroxylation is 1. The number of halogens is 1. The second kappa shape index (κ2) is 6.60. The van der Waals surface area contributed by atoms with Crippen molar-refractivity contribution in [2.45, 2.75) is 45.4 Å². The van der Waals surface area contributed by atoms with Crippen LogP contribution in [0.25, 0.3) is 0 Å². The van der Waals surface area contributed by atoms with Gasteiger partial charge in [-0.05, 0) is 31.9 Å². The fraction of sp³-hybridized carbons (Fsp3) is 0.625. The quantitative estimate of drug-likeness (QED) is 0.554. The van der Waals surface area contributed by atoms with Crippen LogP contribution in [0.2, 0.25) is 0 Å². The zero-order valence-electron chi connectivity index (χ0n) is 11.3. The van der Waals surface area contributed by atoms with Gasteiger partial charge in [0.1, 0.15) is 5.75 Å². The van der Waals surface area contributed by atoms with Gasteiger partial charge in [0, 0.05) is 10.7 Å². The van der Waals surface area contributed by atoms with Crippen molar-refractivity contribution in [1.29, 1.82) is 0 Å². The van der Waals surface area contributed by atoms with E-state index in [0.29, 0.717) is 5.41 Å². The molecule has 0 aromatic heterocycles. The number of ether oxygens (including phenoxy) is 1. The molecule has 1 saturated carbocycles. The molecule has 0 atom stereocenters. The molecule has 1 fully saturated rings. The zero-order valence-corrected chi connectivity index (χ0v) is 12.8. The Hall–Kier alpha value is -0.500. The first-order valence-electron chi connectivity index (χ1n) is 7.00. The fourth-order valence-corrected chi connectivity index (χ4v) is 3.39. The van der Waals surface area contributed by atoms with Gasteiger partial charge in [0.2, 0.25) is 0 Å². The molecule has 0 radical (unpaired) electrons. The molecular formula is C16H23BrO. The maximum atomic E-state index is 6.02. The molecule has 0 aliphatic heterocycles. The summed E-state index contributed by atoms with van der Waals surface area (Å²) in [4.78, 5) is 0. The normalized spacial score (nSPS) is 19.2. The summed E-state index contributed by atoms with van der Waals surface area (Å²) in [6, 6.07) is 8.38. The van der Waals surface area contributed by atoms with E-state index in [2.05, 4.69) is 47.1 Å². The first-order chi connectivity index (χ1) is 8.74. The molecule has 1 aromatic carbocycles. The zero-order chi connectivity index (χ0) is 12.8. The largest absolute Gasteiger partial charge is 0.493 e. The Morgan fingerprint density at radius 1 is 1.06 bits per heavy atom. The highest BCUT2D eigenvalue weighted by Gasteiger charge is 2.30. The lowest BCUT2D eigenvalue weighted by Gasteiger charge is -2.30. The van der Waals surface area contributed by atoms with Gasteiger partial charge < -0.3 is 4.74 Å². The predicted molar refractivity (Wildman–Crippen MR) is 80.6 cm³/mol. The summed E-state index contributed by atoms with van der Waals surface area (Å²) in [5.41, 5.74) is 1.63. The van der Waals surface area contributed by atoms with Crippen LogP contribution in [0.1, 0.15) is 44.1 Å². The molecule has 1 aliphatic rings. The molecule has 0 bridgehead atoms. The molecule has 0 saturated heterocycles. The molecule has 100 valence electrons. The van der Waals surface area contributed by atoms with E-state index in [9.17, 15) is 0 Å². The molecule has 0 unspecified atom stereocenters. The van der Waals surface area contributed by atoms with E-state index < -0.39 is 0 Å². The minimum atomic E-state index is 0.349. The Morgan fingerprint density at radius 3 is 2.22 bits per heavy atom. The number of rotatable bonds is 4. The van der Waals surface area contributed by atoms with Crippen molar-refractivity contribution in [3.63, 3.8) is 0 Å². The van der Waals surface area contributed by atoms with Crippen LogP contribution >= 0.6 is 15.9 Å². The third-order valence-corrected chi connectivity index (χ3v) is 5.20. The highest BCUT2D eigenvalue weighted by Crippen LogP contribution is 2.37. The Bertz CT molecular complexity index is 350. The topological polar surface area (TPSA) is 9.23 Å². The van der Waals surface area contributed by atoms with Crippen molar-refractivity contribution in [1.82, 2.24) is 0 Å². The van der Waals surface area contributed by atoms with Crippen LogP contribution in [-0.4, -0.2) is 11.9 Å². The van der Waals surface area contributed by atoms with Crippen molar-refractivity contribution in [2.24, 2.45) is 5.41 Å². The van der Waals surface area contributed by atoms with E-state index in [-0.39, 0.29) is 0 Å². The third kappa shape index (κ3) is 3.74. The standard InChI is InChI=1S/C16H23BrO/c1-14-6-8-15(9-7-14)18-13-16(12-17)10-4-2-3-5-11-16/h6-9H,2-5,10-13H2,1H3. The van der Waals surface area contributed by atoms with Gasteiger partial charge in [-0.2, -0.15) is 0 Å². The molecule has 1 nitrogen and oxygen atoms in total.